The Balaban J connectivity index is 0.000000194. The van der Waals surface area contributed by atoms with Gasteiger partial charge in [-0.1, -0.05) is 78.5 Å². The van der Waals surface area contributed by atoms with Crippen LogP contribution in [-0.4, -0.2) is 15.0 Å². The number of nitrogens with zero attached hydrogens (tertiary/aromatic N) is 3. The molecule has 0 saturated heterocycles. The number of aryl methyl sites for hydroxylation is 2. The van der Waals surface area contributed by atoms with Crippen LogP contribution in [0.4, 0.5) is 0 Å². The first-order chi connectivity index (χ1) is 21.2. The zero-order valence-electron chi connectivity index (χ0n) is 24.2. The average molecular weight is 746 g/mol. The van der Waals surface area contributed by atoms with Crippen LogP contribution < -0.4 is 0 Å². The molecule has 8 rings (SSSR count). The number of furan rings is 1. The summed E-state index contributed by atoms with van der Waals surface area (Å²) in [4.78, 5) is 13.2. The van der Waals surface area contributed by atoms with Gasteiger partial charge in [0.2, 0.25) is 0 Å². The second kappa shape index (κ2) is 12.7. The van der Waals surface area contributed by atoms with Gasteiger partial charge < -0.3 is 14.4 Å². The third kappa shape index (κ3) is 5.68. The van der Waals surface area contributed by atoms with Crippen molar-refractivity contribution in [1.29, 1.82) is 0 Å². The van der Waals surface area contributed by atoms with Gasteiger partial charge in [0.05, 0.1) is 5.58 Å². The SMILES string of the molecule is Cc1c[c-]c(-c2ccc(C)cn2)cc1.[Ir].[c-]1ccc2c(oc3c(-c4cccc5ccncc45)cccc32)c1-c1ccccn1. The third-order valence-corrected chi connectivity index (χ3v) is 7.51. The summed E-state index contributed by atoms with van der Waals surface area (Å²) in [6.07, 6.45) is 7.41. The smallest absolute Gasteiger partial charge is 0.128 e. The maximum atomic E-state index is 6.48. The van der Waals surface area contributed by atoms with Gasteiger partial charge in [-0.05, 0) is 47.0 Å². The first-order valence-electron chi connectivity index (χ1n) is 14.2. The van der Waals surface area contributed by atoms with E-state index in [1.54, 1.807) is 6.20 Å². The summed E-state index contributed by atoms with van der Waals surface area (Å²) in [5, 5.41) is 4.43. The zero-order valence-corrected chi connectivity index (χ0v) is 26.6. The molecule has 0 spiro atoms. The Bertz CT molecular complexity index is 2140. The molecule has 0 amide bonds. The van der Waals surface area contributed by atoms with Crippen molar-refractivity contribution in [3.8, 4) is 33.6 Å². The predicted molar refractivity (Wildman–Crippen MR) is 175 cm³/mol. The van der Waals surface area contributed by atoms with Crippen molar-refractivity contribution in [2.45, 2.75) is 13.8 Å². The van der Waals surface area contributed by atoms with E-state index in [0.29, 0.717) is 0 Å². The van der Waals surface area contributed by atoms with Crippen LogP contribution in [0.3, 0.4) is 0 Å². The summed E-state index contributed by atoms with van der Waals surface area (Å²) >= 11 is 0. The van der Waals surface area contributed by atoms with Gasteiger partial charge in [-0.3, -0.25) is 4.98 Å². The molecule has 0 atom stereocenters. The Morgan fingerprint density at radius 1 is 0.591 bits per heavy atom. The molecule has 0 unspecified atom stereocenters. The predicted octanol–water partition coefficient (Wildman–Crippen LogP) is 9.83. The normalized spacial score (nSPS) is 10.8. The monoisotopic (exact) mass is 746 g/mol. The molecule has 5 heteroatoms. The van der Waals surface area contributed by atoms with Crippen molar-refractivity contribution in [3.05, 3.63) is 151 Å². The fourth-order valence-electron chi connectivity index (χ4n) is 5.31. The van der Waals surface area contributed by atoms with Crippen LogP contribution in [-0.2, 0) is 20.1 Å². The molecule has 4 aromatic carbocycles. The molecule has 0 aliphatic carbocycles. The third-order valence-electron chi connectivity index (χ3n) is 7.51. The van der Waals surface area contributed by atoms with Gasteiger partial charge in [-0.15, -0.1) is 53.6 Å². The number of para-hydroxylation sites is 1. The summed E-state index contributed by atoms with van der Waals surface area (Å²) in [6.45, 7) is 4.10. The van der Waals surface area contributed by atoms with Gasteiger partial charge in [-0.25, -0.2) is 0 Å². The first-order valence-corrected chi connectivity index (χ1v) is 14.2. The summed E-state index contributed by atoms with van der Waals surface area (Å²) in [7, 11) is 0. The number of pyridine rings is 3. The number of hydrogen-bond acceptors (Lipinski definition) is 4. The molecule has 0 N–H and O–H groups in total. The van der Waals surface area contributed by atoms with Gasteiger partial charge in [0.1, 0.15) is 5.58 Å². The summed E-state index contributed by atoms with van der Waals surface area (Å²) in [5.41, 5.74) is 10.0. The molecule has 215 valence electrons. The van der Waals surface area contributed by atoms with Gasteiger partial charge in [0.25, 0.3) is 0 Å². The van der Waals surface area contributed by atoms with Crippen molar-refractivity contribution < 1.29 is 24.5 Å². The maximum Gasteiger partial charge on any atom is 0.128 e. The van der Waals surface area contributed by atoms with E-state index in [4.69, 9.17) is 4.42 Å². The maximum absolute atomic E-state index is 6.48. The molecule has 0 aliphatic heterocycles. The number of fused-ring (bicyclic) bond motifs is 4. The molecule has 4 nitrogen and oxygen atoms in total. The Morgan fingerprint density at radius 3 is 2.23 bits per heavy atom. The van der Waals surface area contributed by atoms with E-state index in [1.165, 1.54) is 11.1 Å². The molecular weight excluding hydrogens is 719 g/mol. The standard InChI is InChI=1S/C26H15N2O.C13H12N.Ir/c1-2-14-28-24(12-1)22-11-5-10-21-20-9-4-8-19(25(20)29-26(21)22)18-7-3-6-17-13-15-27-16-23(17)18;1-10-3-6-12(7-4-10)13-8-5-11(2)9-14-13;/h1-10,12-16H;3-6,8-9H,1-2H3;/q2*-1;. The molecule has 0 aliphatic rings. The number of aromatic nitrogens is 3. The van der Waals surface area contributed by atoms with Crippen LogP contribution >= 0.6 is 0 Å². The Morgan fingerprint density at radius 2 is 1.43 bits per heavy atom. The van der Waals surface area contributed by atoms with E-state index < -0.39 is 0 Å². The molecule has 4 heterocycles. The number of hydrogen-bond donors (Lipinski definition) is 0. The largest absolute Gasteiger partial charge is 0.500 e. The molecule has 1 radical (unpaired) electrons. The Kier molecular flexibility index (Phi) is 8.42. The fourth-order valence-corrected chi connectivity index (χ4v) is 5.31. The molecule has 0 bridgehead atoms. The van der Waals surface area contributed by atoms with Crippen LogP contribution in [0.1, 0.15) is 11.1 Å². The zero-order chi connectivity index (χ0) is 29.2. The Labute approximate surface area is 269 Å². The van der Waals surface area contributed by atoms with Gasteiger partial charge in [0.15, 0.2) is 0 Å². The second-order valence-corrected chi connectivity index (χ2v) is 10.5. The van der Waals surface area contributed by atoms with Crippen LogP contribution in [0.25, 0.3) is 66.4 Å². The Hall–Kier alpha value is -4.96. The topological polar surface area (TPSA) is 51.8 Å². The van der Waals surface area contributed by atoms with Gasteiger partial charge >= 0.3 is 0 Å². The molecule has 44 heavy (non-hydrogen) atoms. The second-order valence-electron chi connectivity index (χ2n) is 10.5. The number of rotatable bonds is 3. The van der Waals surface area contributed by atoms with Crippen LogP contribution in [0, 0.1) is 26.0 Å². The van der Waals surface area contributed by atoms with E-state index in [0.717, 1.165) is 66.4 Å². The molecule has 0 saturated carbocycles. The van der Waals surface area contributed by atoms with E-state index in [1.807, 2.05) is 74.0 Å². The summed E-state index contributed by atoms with van der Waals surface area (Å²) in [6, 6.07) is 41.2. The minimum Gasteiger partial charge on any atom is -0.500 e. The number of benzene rings is 4. The van der Waals surface area contributed by atoms with Gasteiger partial charge in [-0.2, -0.15) is 0 Å². The van der Waals surface area contributed by atoms with Crippen LogP contribution in [0.2, 0.25) is 0 Å². The van der Waals surface area contributed by atoms with Crippen molar-refractivity contribution in [1.82, 2.24) is 15.0 Å². The van der Waals surface area contributed by atoms with Crippen molar-refractivity contribution >= 4 is 32.7 Å². The van der Waals surface area contributed by atoms with Gasteiger partial charge in [0, 0.05) is 61.2 Å². The molecule has 4 aromatic heterocycles. The van der Waals surface area contributed by atoms with Crippen LogP contribution in [0.5, 0.6) is 0 Å². The van der Waals surface area contributed by atoms with Crippen molar-refractivity contribution in [2.75, 3.05) is 0 Å². The molecule has 8 aromatic rings. The first kappa shape index (κ1) is 29.1. The van der Waals surface area contributed by atoms with Crippen molar-refractivity contribution in [2.24, 2.45) is 0 Å². The minimum absolute atomic E-state index is 0. The van der Waals surface area contributed by atoms with E-state index >= 15 is 0 Å². The quantitative estimate of drug-likeness (QED) is 0.169. The van der Waals surface area contributed by atoms with E-state index in [-0.39, 0.29) is 20.1 Å². The van der Waals surface area contributed by atoms with Crippen molar-refractivity contribution in [3.63, 3.8) is 0 Å². The van der Waals surface area contributed by atoms with Crippen LogP contribution in [0.15, 0.2) is 132 Å². The molecule has 0 fully saturated rings. The van der Waals surface area contributed by atoms with E-state index in [9.17, 15) is 0 Å². The van der Waals surface area contributed by atoms with E-state index in [2.05, 4.69) is 88.6 Å². The summed E-state index contributed by atoms with van der Waals surface area (Å²) in [5.74, 6) is 0. The average Bonchev–Trinajstić information content (AvgIpc) is 3.45. The fraction of sp³-hybridized carbons (Fsp3) is 0.0513. The minimum atomic E-state index is 0. The molecular formula is C39H27IrN3O-2. The summed E-state index contributed by atoms with van der Waals surface area (Å²) < 4.78 is 6.48.